The van der Waals surface area contributed by atoms with Gasteiger partial charge in [0.25, 0.3) is 0 Å². The fraction of sp³-hybridized carbons (Fsp3) is 0.100. The average molecular weight is 384 g/mol. The molecule has 0 bridgehead atoms. The number of ether oxygens (including phenoxy) is 1. The van der Waals surface area contributed by atoms with Gasteiger partial charge < -0.3 is 4.74 Å². The number of aromatic nitrogens is 5. The number of fused-ring (bicyclic) bond motifs is 6. The average Bonchev–Trinajstić information content (AvgIpc) is 3.52. The van der Waals surface area contributed by atoms with Crippen molar-refractivity contribution < 1.29 is 4.74 Å². The molecular formula is C20H16N8O. The second-order valence-electron chi connectivity index (χ2n) is 6.73. The van der Waals surface area contributed by atoms with E-state index in [0.717, 1.165) is 28.5 Å². The van der Waals surface area contributed by atoms with E-state index >= 15 is 0 Å². The van der Waals surface area contributed by atoms with E-state index in [1.165, 1.54) is 0 Å². The third-order valence-electron chi connectivity index (χ3n) is 5.14. The molecule has 9 heteroatoms. The summed E-state index contributed by atoms with van der Waals surface area (Å²) in [5.41, 5.74) is 3.06. The van der Waals surface area contributed by atoms with Crippen LogP contribution in [0.3, 0.4) is 0 Å². The summed E-state index contributed by atoms with van der Waals surface area (Å²) in [5.74, 6) is 2.34. The van der Waals surface area contributed by atoms with Gasteiger partial charge in [0.15, 0.2) is 17.8 Å². The van der Waals surface area contributed by atoms with Crippen LogP contribution in [0.1, 0.15) is 11.7 Å². The molecule has 2 aromatic carbocycles. The van der Waals surface area contributed by atoms with Crippen molar-refractivity contribution in [3.63, 3.8) is 0 Å². The van der Waals surface area contributed by atoms with Gasteiger partial charge >= 0.3 is 0 Å². The first-order valence-electron chi connectivity index (χ1n) is 9.13. The third kappa shape index (κ3) is 2.27. The van der Waals surface area contributed by atoms with E-state index in [-0.39, 0.29) is 6.17 Å². The zero-order chi connectivity index (χ0) is 19.4. The molecule has 4 heterocycles. The highest BCUT2D eigenvalue weighted by atomic mass is 16.5. The van der Waals surface area contributed by atoms with Gasteiger partial charge in [-0.3, -0.25) is 4.57 Å². The lowest BCUT2D eigenvalue weighted by Crippen LogP contribution is -2.42. The first-order chi connectivity index (χ1) is 14.3. The van der Waals surface area contributed by atoms with Crippen molar-refractivity contribution in [3.05, 3.63) is 72.8 Å². The summed E-state index contributed by atoms with van der Waals surface area (Å²) in [7, 11) is 1.64. The van der Waals surface area contributed by atoms with E-state index < -0.39 is 0 Å². The Balaban J connectivity index is 1.40. The Morgan fingerprint density at radius 3 is 2.93 bits per heavy atom. The number of hydrazine groups is 1. The quantitative estimate of drug-likeness (QED) is 0.541. The second-order valence-corrected chi connectivity index (χ2v) is 6.73. The number of aliphatic imine (C=N–C) groups is 1. The van der Waals surface area contributed by atoms with Gasteiger partial charge in [-0.15, -0.1) is 5.10 Å². The standard InChI is InChI=1S/C20H16N8O/c1-29-15-6-4-5-14(9-15)26-11-18(23-24-26)27-13-22-20-16-7-2-3-8-17(16)25-12-21-10-19(25)28(20)27/h2-13,20H,1H3. The van der Waals surface area contributed by atoms with Crippen LogP contribution in [0.2, 0.25) is 0 Å². The topological polar surface area (TPSA) is 76.6 Å². The summed E-state index contributed by atoms with van der Waals surface area (Å²) in [5, 5.41) is 12.6. The maximum atomic E-state index is 5.31. The highest BCUT2D eigenvalue weighted by Crippen LogP contribution is 2.42. The first-order valence-corrected chi connectivity index (χ1v) is 9.13. The lowest BCUT2D eigenvalue weighted by molar-refractivity contribution is 0.414. The van der Waals surface area contributed by atoms with Gasteiger partial charge in [-0.05, 0) is 18.2 Å². The van der Waals surface area contributed by atoms with Crippen molar-refractivity contribution in [1.29, 1.82) is 0 Å². The van der Waals surface area contributed by atoms with Crippen molar-refractivity contribution in [2.45, 2.75) is 6.17 Å². The Bertz CT molecular complexity index is 1240. The van der Waals surface area contributed by atoms with E-state index in [0.29, 0.717) is 5.82 Å². The molecule has 29 heavy (non-hydrogen) atoms. The molecule has 9 nitrogen and oxygen atoms in total. The lowest BCUT2D eigenvalue weighted by atomic mass is 10.1. The zero-order valence-corrected chi connectivity index (χ0v) is 15.5. The van der Waals surface area contributed by atoms with Crippen LogP contribution < -0.4 is 14.8 Å². The number of hydrogen-bond donors (Lipinski definition) is 0. The summed E-state index contributed by atoms with van der Waals surface area (Å²) in [6.45, 7) is 0. The Kier molecular flexibility index (Phi) is 3.25. The monoisotopic (exact) mass is 384 g/mol. The van der Waals surface area contributed by atoms with Crippen LogP contribution >= 0.6 is 0 Å². The largest absolute Gasteiger partial charge is 0.497 e. The summed E-state index contributed by atoms with van der Waals surface area (Å²) in [6, 6.07) is 15.9. The Morgan fingerprint density at radius 1 is 1.07 bits per heavy atom. The molecule has 2 aliphatic rings. The molecule has 0 N–H and O–H groups in total. The highest BCUT2D eigenvalue weighted by Gasteiger charge is 2.39. The molecule has 2 aliphatic heterocycles. The molecule has 0 spiro atoms. The van der Waals surface area contributed by atoms with Crippen LogP contribution in [0.4, 0.5) is 11.6 Å². The minimum atomic E-state index is -0.169. The van der Waals surface area contributed by atoms with Gasteiger partial charge in [-0.2, -0.15) is 0 Å². The molecule has 0 aliphatic carbocycles. The summed E-state index contributed by atoms with van der Waals surface area (Å²) in [6.07, 6.45) is 7.12. The normalized spacial score (nSPS) is 16.5. The van der Waals surface area contributed by atoms with E-state index in [1.54, 1.807) is 18.1 Å². The van der Waals surface area contributed by atoms with Crippen molar-refractivity contribution in [1.82, 2.24) is 24.5 Å². The highest BCUT2D eigenvalue weighted by molar-refractivity contribution is 5.86. The molecule has 4 aromatic rings. The van der Waals surface area contributed by atoms with Gasteiger partial charge in [0.1, 0.15) is 18.4 Å². The first kappa shape index (κ1) is 15.9. The van der Waals surface area contributed by atoms with Crippen LogP contribution in [0.25, 0.3) is 11.4 Å². The fourth-order valence-electron chi connectivity index (χ4n) is 3.79. The third-order valence-corrected chi connectivity index (χ3v) is 5.14. The maximum Gasteiger partial charge on any atom is 0.195 e. The van der Waals surface area contributed by atoms with E-state index in [4.69, 9.17) is 9.73 Å². The number of anilines is 2. The number of para-hydroxylation sites is 1. The predicted molar refractivity (Wildman–Crippen MR) is 108 cm³/mol. The van der Waals surface area contributed by atoms with Crippen molar-refractivity contribution >= 4 is 18.0 Å². The molecule has 0 saturated carbocycles. The van der Waals surface area contributed by atoms with Crippen molar-refractivity contribution in [2.24, 2.45) is 4.99 Å². The molecule has 142 valence electrons. The molecular weight excluding hydrogens is 368 g/mol. The summed E-state index contributed by atoms with van der Waals surface area (Å²) in [4.78, 5) is 9.08. The Hall–Kier alpha value is -4.14. The predicted octanol–water partition coefficient (Wildman–Crippen LogP) is 2.74. The summed E-state index contributed by atoms with van der Waals surface area (Å²) < 4.78 is 9.08. The number of hydrogen-bond acceptors (Lipinski definition) is 7. The SMILES string of the molecule is COc1cccc(-n2cc(N3C=NC4c5ccccc5-n5cncc5N43)nn2)c1. The van der Waals surface area contributed by atoms with Crippen LogP contribution in [0.15, 0.2) is 72.2 Å². The number of rotatable bonds is 3. The van der Waals surface area contributed by atoms with Crippen molar-refractivity contribution in [3.8, 4) is 17.1 Å². The Morgan fingerprint density at radius 2 is 2.00 bits per heavy atom. The Labute approximate surface area is 166 Å². The molecule has 0 amide bonds. The number of imidazole rings is 1. The lowest BCUT2D eigenvalue weighted by Gasteiger charge is -2.36. The molecule has 0 radical (unpaired) electrons. The minimum absolute atomic E-state index is 0.169. The smallest absolute Gasteiger partial charge is 0.195 e. The fourth-order valence-corrected chi connectivity index (χ4v) is 3.79. The number of methoxy groups -OCH3 is 1. The van der Waals surface area contributed by atoms with Gasteiger partial charge in [-0.25, -0.2) is 24.7 Å². The molecule has 0 fully saturated rings. The van der Waals surface area contributed by atoms with Gasteiger partial charge in [0, 0.05) is 11.6 Å². The van der Waals surface area contributed by atoms with Gasteiger partial charge in [0.2, 0.25) is 0 Å². The molecule has 2 aromatic heterocycles. The van der Waals surface area contributed by atoms with E-state index in [1.807, 2.05) is 60.1 Å². The van der Waals surface area contributed by atoms with E-state index in [2.05, 4.69) is 37.0 Å². The van der Waals surface area contributed by atoms with Crippen LogP contribution in [-0.4, -0.2) is 38.0 Å². The summed E-state index contributed by atoms with van der Waals surface area (Å²) >= 11 is 0. The molecule has 1 atom stereocenters. The van der Waals surface area contributed by atoms with Gasteiger partial charge in [0.05, 0.1) is 30.9 Å². The molecule has 0 saturated heterocycles. The van der Waals surface area contributed by atoms with Gasteiger partial charge in [-0.1, -0.05) is 29.5 Å². The van der Waals surface area contributed by atoms with Crippen LogP contribution in [0.5, 0.6) is 5.75 Å². The second kappa shape index (κ2) is 5.93. The maximum absolute atomic E-state index is 5.31. The van der Waals surface area contributed by atoms with Crippen LogP contribution in [0, 0.1) is 0 Å². The molecule has 1 unspecified atom stereocenters. The minimum Gasteiger partial charge on any atom is -0.497 e. The molecule has 6 rings (SSSR count). The zero-order valence-electron chi connectivity index (χ0n) is 15.5. The number of benzene rings is 2. The number of nitrogens with zero attached hydrogens (tertiary/aromatic N) is 8. The van der Waals surface area contributed by atoms with Crippen LogP contribution in [-0.2, 0) is 0 Å². The van der Waals surface area contributed by atoms with Crippen molar-refractivity contribution in [2.75, 3.05) is 17.1 Å². The van der Waals surface area contributed by atoms with E-state index in [9.17, 15) is 0 Å².